The molecule has 0 saturated carbocycles. The number of aliphatic hydroxyl groups is 1. The fraction of sp³-hybridized carbons (Fsp3) is 0.214. The van der Waals surface area contributed by atoms with Crippen LogP contribution in [0.1, 0.15) is 11.3 Å². The van der Waals surface area contributed by atoms with Crippen LogP contribution in [0.15, 0.2) is 36.4 Å². The number of aromatic nitrogens is 1. The van der Waals surface area contributed by atoms with Crippen LogP contribution in [0.5, 0.6) is 0 Å². The number of aliphatic hydroxyl groups excluding tert-OH is 1. The van der Waals surface area contributed by atoms with Gasteiger partial charge in [-0.2, -0.15) is 0 Å². The summed E-state index contributed by atoms with van der Waals surface area (Å²) in [4.78, 5) is 6.27. The van der Waals surface area contributed by atoms with Crippen LogP contribution in [0.25, 0.3) is 0 Å². The van der Waals surface area contributed by atoms with E-state index < -0.39 is 0 Å². The molecule has 0 spiro atoms. The Morgan fingerprint density at radius 1 is 1.11 bits per heavy atom. The maximum atomic E-state index is 9.17. The number of pyridine rings is 1. The molecule has 2 aromatic rings. The van der Waals surface area contributed by atoms with Crippen LogP contribution in [-0.2, 0) is 13.2 Å². The summed E-state index contributed by atoms with van der Waals surface area (Å²) in [5, 5.41) is 10.4. The van der Waals surface area contributed by atoms with Gasteiger partial charge in [-0.3, -0.25) is 0 Å². The van der Waals surface area contributed by atoms with Crippen molar-refractivity contribution in [2.24, 2.45) is 0 Å². The van der Waals surface area contributed by atoms with Gasteiger partial charge in [0.25, 0.3) is 0 Å². The molecule has 1 aromatic heterocycles. The van der Waals surface area contributed by atoms with E-state index in [4.69, 9.17) is 23.2 Å². The van der Waals surface area contributed by atoms with Crippen molar-refractivity contribution in [1.82, 2.24) is 4.98 Å². The van der Waals surface area contributed by atoms with Crippen molar-refractivity contribution < 1.29 is 5.11 Å². The summed E-state index contributed by atoms with van der Waals surface area (Å²) in [6, 6.07) is 11.2. The molecule has 0 saturated heterocycles. The second-order valence-electron chi connectivity index (χ2n) is 4.20. The molecule has 0 amide bonds. The average molecular weight is 297 g/mol. The zero-order valence-electron chi connectivity index (χ0n) is 10.5. The molecule has 0 bridgehead atoms. The Balaban J connectivity index is 2.20. The van der Waals surface area contributed by atoms with Crippen LogP contribution in [0.3, 0.4) is 0 Å². The largest absolute Gasteiger partial charge is 0.390 e. The minimum Gasteiger partial charge on any atom is -0.390 e. The predicted octanol–water partition coefficient (Wildman–Crippen LogP) is 3.52. The van der Waals surface area contributed by atoms with Crippen LogP contribution in [0.4, 0.5) is 5.82 Å². The Morgan fingerprint density at radius 2 is 1.84 bits per heavy atom. The first-order chi connectivity index (χ1) is 9.11. The van der Waals surface area contributed by atoms with E-state index in [1.807, 2.05) is 42.3 Å². The molecule has 100 valence electrons. The summed E-state index contributed by atoms with van der Waals surface area (Å²) in [6.07, 6.45) is 0. The first-order valence-corrected chi connectivity index (χ1v) is 6.58. The molecule has 3 nitrogen and oxygen atoms in total. The lowest BCUT2D eigenvalue weighted by Crippen LogP contribution is -2.18. The molecule has 0 radical (unpaired) electrons. The van der Waals surface area contributed by atoms with Gasteiger partial charge in [-0.05, 0) is 23.8 Å². The Labute approximate surface area is 122 Å². The van der Waals surface area contributed by atoms with Gasteiger partial charge in [0.05, 0.1) is 17.3 Å². The molecule has 0 aliphatic rings. The lowest BCUT2D eigenvalue weighted by Gasteiger charge is -2.19. The summed E-state index contributed by atoms with van der Waals surface area (Å²) >= 11 is 12.1. The van der Waals surface area contributed by atoms with Crippen molar-refractivity contribution in [3.8, 4) is 0 Å². The van der Waals surface area contributed by atoms with Gasteiger partial charge in [0.2, 0.25) is 0 Å². The smallest absolute Gasteiger partial charge is 0.129 e. The molecule has 5 heteroatoms. The van der Waals surface area contributed by atoms with E-state index in [1.54, 1.807) is 6.07 Å². The Bertz CT molecular complexity index is 575. The first kappa shape index (κ1) is 14.1. The van der Waals surface area contributed by atoms with E-state index in [9.17, 15) is 5.11 Å². The number of rotatable bonds is 4. The van der Waals surface area contributed by atoms with Gasteiger partial charge in [0.15, 0.2) is 0 Å². The van der Waals surface area contributed by atoms with Crippen LogP contribution in [0.2, 0.25) is 10.0 Å². The lowest BCUT2D eigenvalue weighted by atomic mass is 10.2. The number of anilines is 1. The molecule has 1 N–H and O–H groups in total. The molecule has 19 heavy (non-hydrogen) atoms. The fourth-order valence-corrected chi connectivity index (χ4v) is 2.12. The normalized spacial score (nSPS) is 10.5. The van der Waals surface area contributed by atoms with Crippen molar-refractivity contribution in [3.63, 3.8) is 0 Å². The SMILES string of the molecule is CN(Cc1ccccc1Cl)c1ccc(Cl)c(CO)n1. The second kappa shape index (κ2) is 6.24. The van der Waals surface area contributed by atoms with E-state index in [-0.39, 0.29) is 6.61 Å². The zero-order chi connectivity index (χ0) is 13.8. The molecule has 0 aliphatic carbocycles. The van der Waals surface area contributed by atoms with E-state index >= 15 is 0 Å². The molecular weight excluding hydrogens is 283 g/mol. The fourth-order valence-electron chi connectivity index (χ4n) is 1.76. The number of benzene rings is 1. The van der Waals surface area contributed by atoms with Crippen LogP contribution >= 0.6 is 23.2 Å². The molecule has 0 aliphatic heterocycles. The van der Waals surface area contributed by atoms with E-state index in [2.05, 4.69) is 4.98 Å². The second-order valence-corrected chi connectivity index (χ2v) is 5.02. The highest BCUT2D eigenvalue weighted by atomic mass is 35.5. The van der Waals surface area contributed by atoms with E-state index in [0.717, 1.165) is 16.4 Å². The van der Waals surface area contributed by atoms with Crippen molar-refractivity contribution in [1.29, 1.82) is 0 Å². The molecule has 1 heterocycles. The number of hydrogen-bond acceptors (Lipinski definition) is 3. The maximum absolute atomic E-state index is 9.17. The van der Waals surface area contributed by atoms with E-state index in [1.165, 1.54) is 0 Å². The Kier molecular flexibility index (Phi) is 4.64. The van der Waals surface area contributed by atoms with Gasteiger partial charge in [-0.25, -0.2) is 4.98 Å². The van der Waals surface area contributed by atoms with Crippen molar-refractivity contribution in [2.75, 3.05) is 11.9 Å². The highest BCUT2D eigenvalue weighted by Gasteiger charge is 2.09. The third-order valence-corrected chi connectivity index (χ3v) is 3.52. The van der Waals surface area contributed by atoms with Crippen LogP contribution < -0.4 is 4.90 Å². The molecular formula is C14H14Cl2N2O. The summed E-state index contributed by atoms with van der Waals surface area (Å²) in [5.74, 6) is 0.744. The van der Waals surface area contributed by atoms with Crippen LogP contribution in [-0.4, -0.2) is 17.1 Å². The molecule has 0 atom stereocenters. The quantitative estimate of drug-likeness (QED) is 0.938. The van der Waals surface area contributed by atoms with Gasteiger partial charge in [-0.1, -0.05) is 41.4 Å². The van der Waals surface area contributed by atoms with Crippen molar-refractivity contribution in [2.45, 2.75) is 13.2 Å². The average Bonchev–Trinajstić information content (AvgIpc) is 2.42. The molecule has 1 aromatic carbocycles. The Hall–Kier alpha value is -1.29. The number of nitrogens with zero attached hydrogens (tertiary/aromatic N) is 2. The van der Waals surface area contributed by atoms with Gasteiger partial charge in [0, 0.05) is 18.6 Å². The van der Waals surface area contributed by atoms with Gasteiger partial charge in [0.1, 0.15) is 5.82 Å². The lowest BCUT2D eigenvalue weighted by molar-refractivity contribution is 0.277. The molecule has 0 unspecified atom stereocenters. The summed E-state index contributed by atoms with van der Waals surface area (Å²) < 4.78 is 0. The first-order valence-electron chi connectivity index (χ1n) is 5.82. The van der Waals surface area contributed by atoms with Gasteiger partial charge < -0.3 is 10.0 Å². The summed E-state index contributed by atoms with van der Waals surface area (Å²) in [5.41, 5.74) is 1.50. The number of hydrogen-bond donors (Lipinski definition) is 1. The highest BCUT2D eigenvalue weighted by Crippen LogP contribution is 2.22. The highest BCUT2D eigenvalue weighted by molar-refractivity contribution is 6.31. The van der Waals surface area contributed by atoms with Crippen molar-refractivity contribution in [3.05, 3.63) is 57.7 Å². The summed E-state index contributed by atoms with van der Waals surface area (Å²) in [6.45, 7) is 0.464. The monoisotopic (exact) mass is 296 g/mol. The Morgan fingerprint density at radius 3 is 2.53 bits per heavy atom. The third-order valence-electron chi connectivity index (χ3n) is 2.81. The minimum atomic E-state index is -0.174. The molecule has 0 fully saturated rings. The predicted molar refractivity (Wildman–Crippen MR) is 78.7 cm³/mol. The maximum Gasteiger partial charge on any atom is 0.129 e. The molecule has 2 rings (SSSR count). The summed E-state index contributed by atoms with van der Waals surface area (Å²) in [7, 11) is 1.92. The number of halogens is 2. The third kappa shape index (κ3) is 3.38. The minimum absolute atomic E-state index is 0.174. The zero-order valence-corrected chi connectivity index (χ0v) is 12.0. The standard InChI is InChI=1S/C14H14Cl2N2O/c1-18(8-10-4-2-3-5-11(10)15)14-7-6-12(16)13(9-19)17-14/h2-7,19H,8-9H2,1H3. The van der Waals surface area contributed by atoms with E-state index in [0.29, 0.717) is 17.3 Å². The van der Waals surface area contributed by atoms with Gasteiger partial charge in [-0.15, -0.1) is 0 Å². The topological polar surface area (TPSA) is 36.4 Å². The van der Waals surface area contributed by atoms with Crippen LogP contribution in [0, 0.1) is 0 Å². The van der Waals surface area contributed by atoms with Gasteiger partial charge >= 0.3 is 0 Å². The van der Waals surface area contributed by atoms with Crippen molar-refractivity contribution >= 4 is 29.0 Å².